The van der Waals surface area contributed by atoms with Gasteiger partial charge in [-0.05, 0) is 47.5 Å². The summed E-state index contributed by atoms with van der Waals surface area (Å²) in [6.45, 7) is 6.39. The zero-order valence-corrected chi connectivity index (χ0v) is 18.7. The van der Waals surface area contributed by atoms with Gasteiger partial charge in [-0.3, -0.25) is 14.6 Å². The summed E-state index contributed by atoms with van der Waals surface area (Å²) < 4.78 is 0. The Morgan fingerprint density at radius 1 is 0.758 bits per heavy atom. The molecule has 33 heavy (non-hydrogen) atoms. The van der Waals surface area contributed by atoms with E-state index in [9.17, 15) is 4.79 Å². The quantitative estimate of drug-likeness (QED) is 0.557. The second-order valence-electron chi connectivity index (χ2n) is 8.33. The first-order valence-electron chi connectivity index (χ1n) is 11.3. The number of nitrogens with zero attached hydrogens (tertiary/aromatic N) is 3. The molecule has 1 heterocycles. The molecule has 1 saturated heterocycles. The molecule has 1 aliphatic heterocycles. The molecule has 3 aromatic carbocycles. The third-order valence-corrected chi connectivity index (χ3v) is 5.82. The standard InChI is InChI=1S/C27H29N5O/c28-18-22-6-10-25(11-7-22)29-19-27(33)30-26-12-8-24(9-13-26)21-32-16-14-31(15-17-32)20-23-4-2-1-3-5-23/h1-13,29H,14-17,19-21H2,(H,30,33). The van der Waals surface area contributed by atoms with Gasteiger partial charge in [0.2, 0.25) is 5.91 Å². The third-order valence-electron chi connectivity index (χ3n) is 5.82. The van der Waals surface area contributed by atoms with Gasteiger partial charge < -0.3 is 10.6 Å². The van der Waals surface area contributed by atoms with E-state index in [-0.39, 0.29) is 12.5 Å². The van der Waals surface area contributed by atoms with Gasteiger partial charge in [0.05, 0.1) is 18.2 Å². The van der Waals surface area contributed by atoms with E-state index >= 15 is 0 Å². The van der Waals surface area contributed by atoms with E-state index in [2.05, 4.69) is 69.0 Å². The van der Waals surface area contributed by atoms with Crippen molar-refractivity contribution in [3.05, 3.63) is 95.6 Å². The number of nitrogens with one attached hydrogen (secondary N) is 2. The van der Waals surface area contributed by atoms with Crippen molar-refractivity contribution in [1.29, 1.82) is 5.26 Å². The number of benzene rings is 3. The maximum Gasteiger partial charge on any atom is 0.243 e. The first kappa shape index (κ1) is 22.5. The van der Waals surface area contributed by atoms with Gasteiger partial charge in [-0.15, -0.1) is 0 Å². The third kappa shape index (κ3) is 6.91. The van der Waals surface area contributed by atoms with Gasteiger partial charge in [0.1, 0.15) is 0 Å². The monoisotopic (exact) mass is 439 g/mol. The molecule has 0 aromatic heterocycles. The summed E-state index contributed by atoms with van der Waals surface area (Å²) in [7, 11) is 0. The number of hydrogen-bond acceptors (Lipinski definition) is 5. The lowest BCUT2D eigenvalue weighted by atomic mass is 10.1. The number of carbonyl (C=O) groups is 1. The number of amides is 1. The summed E-state index contributed by atoms with van der Waals surface area (Å²) in [4.78, 5) is 17.2. The Balaban J connectivity index is 1.18. The van der Waals surface area contributed by atoms with Gasteiger partial charge in [-0.1, -0.05) is 42.5 Å². The van der Waals surface area contributed by atoms with Crippen molar-refractivity contribution in [3.63, 3.8) is 0 Å². The van der Waals surface area contributed by atoms with E-state index in [1.807, 2.05) is 12.1 Å². The summed E-state index contributed by atoms with van der Waals surface area (Å²) in [5, 5.41) is 14.8. The molecule has 168 valence electrons. The Hall–Kier alpha value is -3.66. The average molecular weight is 440 g/mol. The van der Waals surface area contributed by atoms with Crippen LogP contribution in [0.15, 0.2) is 78.9 Å². The van der Waals surface area contributed by atoms with Crippen LogP contribution in [0.5, 0.6) is 0 Å². The summed E-state index contributed by atoms with van der Waals surface area (Å²) in [5.74, 6) is -0.110. The number of hydrogen-bond donors (Lipinski definition) is 2. The molecule has 0 radical (unpaired) electrons. The van der Waals surface area contributed by atoms with Crippen molar-refractivity contribution < 1.29 is 4.79 Å². The predicted octanol–water partition coefficient (Wildman–Crippen LogP) is 3.93. The maximum atomic E-state index is 12.2. The molecule has 1 amide bonds. The molecule has 0 bridgehead atoms. The van der Waals surface area contributed by atoms with Crippen LogP contribution in [-0.2, 0) is 17.9 Å². The average Bonchev–Trinajstić information content (AvgIpc) is 2.86. The highest BCUT2D eigenvalue weighted by molar-refractivity contribution is 5.93. The van der Waals surface area contributed by atoms with Crippen molar-refractivity contribution in [2.75, 3.05) is 43.4 Å². The van der Waals surface area contributed by atoms with Crippen molar-refractivity contribution >= 4 is 17.3 Å². The fourth-order valence-electron chi connectivity index (χ4n) is 3.95. The lowest BCUT2D eigenvalue weighted by molar-refractivity contribution is -0.114. The Morgan fingerprint density at radius 2 is 1.30 bits per heavy atom. The van der Waals surface area contributed by atoms with Crippen molar-refractivity contribution in [1.82, 2.24) is 9.80 Å². The number of rotatable bonds is 8. The first-order valence-corrected chi connectivity index (χ1v) is 11.3. The lowest BCUT2D eigenvalue weighted by Crippen LogP contribution is -2.45. The Labute approximate surface area is 195 Å². The summed E-state index contributed by atoms with van der Waals surface area (Å²) in [5.41, 5.74) is 4.82. The van der Waals surface area contributed by atoms with Crippen molar-refractivity contribution in [2.45, 2.75) is 13.1 Å². The molecule has 6 heteroatoms. The van der Waals surface area contributed by atoms with Crippen LogP contribution in [0.4, 0.5) is 11.4 Å². The van der Waals surface area contributed by atoms with Gasteiger partial charge in [0.15, 0.2) is 0 Å². The fourth-order valence-corrected chi connectivity index (χ4v) is 3.95. The van der Waals surface area contributed by atoms with E-state index in [1.54, 1.807) is 24.3 Å². The summed E-state index contributed by atoms with van der Waals surface area (Å²) >= 11 is 0. The fraction of sp³-hybridized carbons (Fsp3) is 0.259. The van der Waals surface area contributed by atoms with Crippen LogP contribution in [0.3, 0.4) is 0 Å². The van der Waals surface area contributed by atoms with E-state index in [0.29, 0.717) is 5.56 Å². The molecule has 2 N–H and O–H groups in total. The Kier molecular flexibility index (Phi) is 7.70. The zero-order valence-electron chi connectivity index (χ0n) is 18.7. The highest BCUT2D eigenvalue weighted by Gasteiger charge is 2.17. The van der Waals surface area contributed by atoms with Crippen LogP contribution < -0.4 is 10.6 Å². The van der Waals surface area contributed by atoms with E-state index < -0.39 is 0 Å². The minimum absolute atomic E-state index is 0.110. The molecule has 1 aliphatic rings. The molecule has 0 atom stereocenters. The molecule has 0 aliphatic carbocycles. The minimum atomic E-state index is -0.110. The Bertz CT molecular complexity index is 1070. The SMILES string of the molecule is N#Cc1ccc(NCC(=O)Nc2ccc(CN3CCN(Cc4ccccc4)CC3)cc2)cc1. The molecule has 1 fully saturated rings. The summed E-state index contributed by atoms with van der Waals surface area (Å²) in [6.07, 6.45) is 0. The number of piperazine rings is 1. The van der Waals surface area contributed by atoms with E-state index in [0.717, 1.165) is 50.6 Å². The molecule has 0 spiro atoms. The largest absolute Gasteiger partial charge is 0.376 e. The zero-order chi connectivity index (χ0) is 22.9. The lowest BCUT2D eigenvalue weighted by Gasteiger charge is -2.34. The van der Waals surface area contributed by atoms with Crippen LogP contribution >= 0.6 is 0 Å². The van der Waals surface area contributed by atoms with Crippen molar-refractivity contribution in [2.24, 2.45) is 0 Å². The minimum Gasteiger partial charge on any atom is -0.376 e. The number of carbonyl (C=O) groups excluding carboxylic acids is 1. The molecule has 6 nitrogen and oxygen atoms in total. The number of anilines is 2. The normalized spacial score (nSPS) is 14.4. The second-order valence-corrected chi connectivity index (χ2v) is 8.33. The van der Waals surface area contributed by atoms with Gasteiger partial charge in [-0.2, -0.15) is 5.26 Å². The molecule has 3 aromatic rings. The van der Waals surface area contributed by atoms with Gasteiger partial charge in [0.25, 0.3) is 0 Å². The van der Waals surface area contributed by atoms with Gasteiger partial charge in [-0.25, -0.2) is 0 Å². The van der Waals surface area contributed by atoms with E-state index in [4.69, 9.17) is 5.26 Å². The van der Waals surface area contributed by atoms with Crippen LogP contribution in [0.1, 0.15) is 16.7 Å². The molecular weight excluding hydrogens is 410 g/mol. The van der Waals surface area contributed by atoms with E-state index in [1.165, 1.54) is 11.1 Å². The summed E-state index contributed by atoms with van der Waals surface area (Å²) in [6, 6.07) is 27.8. The molecular formula is C27H29N5O. The van der Waals surface area contributed by atoms with Crippen LogP contribution in [0.25, 0.3) is 0 Å². The van der Waals surface area contributed by atoms with Crippen LogP contribution in [0.2, 0.25) is 0 Å². The smallest absolute Gasteiger partial charge is 0.243 e. The second kappa shape index (κ2) is 11.3. The predicted molar refractivity (Wildman–Crippen MR) is 132 cm³/mol. The first-order chi connectivity index (χ1) is 16.2. The molecule has 4 rings (SSSR count). The van der Waals surface area contributed by atoms with Crippen molar-refractivity contribution in [3.8, 4) is 6.07 Å². The van der Waals surface area contributed by atoms with Crippen LogP contribution in [-0.4, -0.2) is 48.4 Å². The van der Waals surface area contributed by atoms with Gasteiger partial charge in [0, 0.05) is 50.6 Å². The highest BCUT2D eigenvalue weighted by Crippen LogP contribution is 2.15. The Morgan fingerprint density at radius 3 is 1.88 bits per heavy atom. The van der Waals surface area contributed by atoms with Crippen LogP contribution in [0, 0.1) is 11.3 Å². The maximum absolute atomic E-state index is 12.2. The highest BCUT2D eigenvalue weighted by atomic mass is 16.1. The number of nitriles is 1. The molecule has 0 saturated carbocycles. The topological polar surface area (TPSA) is 71.4 Å². The van der Waals surface area contributed by atoms with Gasteiger partial charge >= 0.3 is 0 Å². The molecule has 0 unspecified atom stereocenters.